The SMILES string of the molecule is NC(=S)c1ccc(NC(=O)c2ccc(Cl)cc2Cl)c(Cl)c1. The lowest BCUT2D eigenvalue weighted by Gasteiger charge is -2.10. The third-order valence-electron chi connectivity index (χ3n) is 2.68. The number of carbonyl (C=O) groups is 1. The molecular weight excluding hydrogens is 351 g/mol. The van der Waals surface area contributed by atoms with Gasteiger partial charge in [0.25, 0.3) is 5.91 Å². The number of hydrogen-bond donors (Lipinski definition) is 2. The Morgan fingerprint density at radius 2 is 1.76 bits per heavy atom. The Bertz CT molecular complexity index is 734. The van der Waals surface area contributed by atoms with E-state index in [-0.39, 0.29) is 15.9 Å². The van der Waals surface area contributed by atoms with E-state index in [9.17, 15) is 4.79 Å². The van der Waals surface area contributed by atoms with Crippen LogP contribution in [0.2, 0.25) is 15.1 Å². The van der Waals surface area contributed by atoms with Gasteiger partial charge in [0.15, 0.2) is 0 Å². The lowest BCUT2D eigenvalue weighted by Crippen LogP contribution is -2.14. The van der Waals surface area contributed by atoms with E-state index in [0.29, 0.717) is 26.9 Å². The van der Waals surface area contributed by atoms with Gasteiger partial charge in [-0.3, -0.25) is 4.79 Å². The molecule has 0 spiro atoms. The van der Waals surface area contributed by atoms with Crippen molar-refractivity contribution in [3.05, 3.63) is 62.6 Å². The van der Waals surface area contributed by atoms with Crippen LogP contribution in [0.4, 0.5) is 5.69 Å². The molecule has 2 aromatic rings. The Balaban J connectivity index is 2.25. The third-order valence-corrected chi connectivity index (χ3v) is 3.77. The molecule has 0 aliphatic carbocycles. The highest BCUT2D eigenvalue weighted by Gasteiger charge is 2.13. The fourth-order valence-electron chi connectivity index (χ4n) is 1.63. The van der Waals surface area contributed by atoms with E-state index in [1.165, 1.54) is 12.1 Å². The van der Waals surface area contributed by atoms with Crippen LogP contribution in [0.15, 0.2) is 36.4 Å². The number of thiocarbonyl (C=S) groups is 1. The molecule has 2 rings (SSSR count). The molecular formula is C14H9Cl3N2OS. The minimum Gasteiger partial charge on any atom is -0.389 e. The van der Waals surface area contributed by atoms with Gasteiger partial charge in [-0.1, -0.05) is 47.0 Å². The summed E-state index contributed by atoms with van der Waals surface area (Å²) in [6.45, 7) is 0. The predicted molar refractivity (Wildman–Crippen MR) is 91.8 cm³/mol. The van der Waals surface area contributed by atoms with Crippen molar-refractivity contribution in [1.29, 1.82) is 0 Å². The molecule has 0 fully saturated rings. The molecule has 0 saturated carbocycles. The molecule has 0 aliphatic heterocycles. The number of carbonyl (C=O) groups excluding carboxylic acids is 1. The van der Waals surface area contributed by atoms with E-state index in [0.717, 1.165) is 0 Å². The van der Waals surface area contributed by atoms with Gasteiger partial charge in [-0.15, -0.1) is 0 Å². The zero-order valence-electron chi connectivity index (χ0n) is 10.5. The second-order valence-electron chi connectivity index (χ2n) is 4.14. The lowest BCUT2D eigenvalue weighted by molar-refractivity contribution is 0.102. The van der Waals surface area contributed by atoms with E-state index in [2.05, 4.69) is 5.32 Å². The van der Waals surface area contributed by atoms with Crippen LogP contribution in [0.5, 0.6) is 0 Å². The fraction of sp³-hybridized carbons (Fsp3) is 0. The number of rotatable bonds is 3. The molecule has 0 aliphatic rings. The van der Waals surface area contributed by atoms with Crippen LogP contribution in [0.1, 0.15) is 15.9 Å². The van der Waals surface area contributed by atoms with E-state index in [1.807, 2.05) is 0 Å². The molecule has 108 valence electrons. The van der Waals surface area contributed by atoms with E-state index in [1.54, 1.807) is 24.3 Å². The molecule has 0 aromatic heterocycles. The number of nitrogens with one attached hydrogen (secondary N) is 1. The first-order chi connectivity index (χ1) is 9.88. The van der Waals surface area contributed by atoms with Crippen molar-refractivity contribution in [2.45, 2.75) is 0 Å². The van der Waals surface area contributed by atoms with Gasteiger partial charge >= 0.3 is 0 Å². The summed E-state index contributed by atoms with van der Waals surface area (Å²) in [7, 11) is 0. The van der Waals surface area contributed by atoms with Gasteiger partial charge < -0.3 is 11.1 Å². The number of hydrogen-bond acceptors (Lipinski definition) is 2. The highest BCUT2D eigenvalue weighted by molar-refractivity contribution is 7.80. The molecule has 0 radical (unpaired) electrons. The second kappa shape index (κ2) is 6.62. The summed E-state index contributed by atoms with van der Waals surface area (Å²) in [6, 6.07) is 9.50. The highest BCUT2D eigenvalue weighted by Crippen LogP contribution is 2.26. The van der Waals surface area contributed by atoms with Gasteiger partial charge in [0.05, 0.1) is 21.3 Å². The van der Waals surface area contributed by atoms with Gasteiger partial charge in [0.2, 0.25) is 0 Å². The molecule has 0 saturated heterocycles. The number of benzene rings is 2. The van der Waals surface area contributed by atoms with Gasteiger partial charge in [-0.2, -0.15) is 0 Å². The maximum absolute atomic E-state index is 12.2. The summed E-state index contributed by atoms with van der Waals surface area (Å²) in [6.07, 6.45) is 0. The first kappa shape index (κ1) is 16.0. The summed E-state index contributed by atoms with van der Waals surface area (Å²) < 4.78 is 0. The van der Waals surface area contributed by atoms with Gasteiger partial charge in [-0.05, 0) is 36.4 Å². The summed E-state index contributed by atoms with van der Waals surface area (Å²) in [5.74, 6) is -0.387. The molecule has 0 heterocycles. The largest absolute Gasteiger partial charge is 0.389 e. The molecule has 21 heavy (non-hydrogen) atoms. The number of amides is 1. The van der Waals surface area contributed by atoms with Crippen molar-refractivity contribution in [2.24, 2.45) is 5.73 Å². The molecule has 3 nitrogen and oxygen atoms in total. The van der Waals surface area contributed by atoms with Crippen LogP contribution in [0.3, 0.4) is 0 Å². The summed E-state index contributed by atoms with van der Waals surface area (Å²) >= 11 is 22.7. The maximum Gasteiger partial charge on any atom is 0.257 e. The Morgan fingerprint density at radius 1 is 1.05 bits per heavy atom. The molecule has 0 unspecified atom stereocenters. The van der Waals surface area contributed by atoms with Crippen LogP contribution in [0, 0.1) is 0 Å². The number of nitrogens with two attached hydrogens (primary N) is 1. The van der Waals surface area contributed by atoms with Crippen LogP contribution >= 0.6 is 47.0 Å². The van der Waals surface area contributed by atoms with Crippen LogP contribution in [-0.2, 0) is 0 Å². The smallest absolute Gasteiger partial charge is 0.257 e. The van der Waals surface area contributed by atoms with E-state index >= 15 is 0 Å². The normalized spacial score (nSPS) is 10.2. The molecule has 0 atom stereocenters. The topological polar surface area (TPSA) is 55.1 Å². The van der Waals surface area contributed by atoms with Crippen molar-refractivity contribution in [3.8, 4) is 0 Å². The lowest BCUT2D eigenvalue weighted by atomic mass is 10.1. The van der Waals surface area contributed by atoms with Crippen molar-refractivity contribution in [2.75, 3.05) is 5.32 Å². The number of anilines is 1. The quantitative estimate of drug-likeness (QED) is 0.791. The van der Waals surface area contributed by atoms with Gasteiger partial charge in [0, 0.05) is 10.6 Å². The molecule has 0 bridgehead atoms. The fourth-order valence-corrected chi connectivity index (χ4v) is 2.48. The second-order valence-corrected chi connectivity index (χ2v) is 5.83. The number of halogens is 3. The van der Waals surface area contributed by atoms with E-state index in [4.69, 9.17) is 52.8 Å². The van der Waals surface area contributed by atoms with Crippen LogP contribution in [0.25, 0.3) is 0 Å². The van der Waals surface area contributed by atoms with Crippen molar-refractivity contribution < 1.29 is 4.79 Å². The zero-order valence-corrected chi connectivity index (χ0v) is 13.6. The Morgan fingerprint density at radius 3 is 2.33 bits per heavy atom. The minimum absolute atomic E-state index is 0.232. The molecule has 2 aromatic carbocycles. The maximum atomic E-state index is 12.2. The monoisotopic (exact) mass is 358 g/mol. The first-order valence-corrected chi connectivity index (χ1v) is 7.28. The first-order valence-electron chi connectivity index (χ1n) is 5.74. The van der Waals surface area contributed by atoms with E-state index < -0.39 is 0 Å². The Hall–Kier alpha value is -1.33. The third kappa shape index (κ3) is 3.86. The highest BCUT2D eigenvalue weighted by atomic mass is 35.5. The predicted octanol–water partition coefficient (Wildman–Crippen LogP) is 4.53. The Labute approximate surface area is 142 Å². The Kier molecular flexibility index (Phi) is 5.06. The van der Waals surface area contributed by atoms with Gasteiger partial charge in [0.1, 0.15) is 4.99 Å². The average Bonchev–Trinajstić information content (AvgIpc) is 2.40. The van der Waals surface area contributed by atoms with Gasteiger partial charge in [-0.25, -0.2) is 0 Å². The molecule has 7 heteroatoms. The minimum atomic E-state index is -0.387. The van der Waals surface area contributed by atoms with Crippen LogP contribution < -0.4 is 11.1 Å². The van der Waals surface area contributed by atoms with Crippen molar-refractivity contribution in [1.82, 2.24) is 0 Å². The van der Waals surface area contributed by atoms with Crippen LogP contribution in [-0.4, -0.2) is 10.9 Å². The summed E-state index contributed by atoms with van der Waals surface area (Å²) in [5.41, 5.74) is 6.88. The standard InChI is InChI=1S/C14H9Cl3N2OS/c15-8-2-3-9(10(16)6-8)14(20)19-12-4-1-7(13(18)21)5-11(12)17/h1-6H,(H2,18,21)(H,19,20). The summed E-state index contributed by atoms with van der Waals surface area (Å²) in [5, 5.41) is 3.72. The van der Waals surface area contributed by atoms with Crippen molar-refractivity contribution >= 4 is 63.6 Å². The zero-order chi connectivity index (χ0) is 15.6. The molecule has 1 amide bonds. The average molecular weight is 360 g/mol. The van der Waals surface area contributed by atoms with Crippen molar-refractivity contribution in [3.63, 3.8) is 0 Å². The summed E-state index contributed by atoms with van der Waals surface area (Å²) in [4.78, 5) is 12.4. The molecule has 3 N–H and O–H groups in total.